The molecule has 0 aromatic heterocycles. The molecule has 1 heterocycles. The number of rotatable bonds is 5. The number of carbonyl (C=O) groups is 1. The van der Waals surface area contributed by atoms with Gasteiger partial charge in [0.1, 0.15) is 0 Å². The Kier molecular flexibility index (Phi) is 5.87. The summed E-state index contributed by atoms with van der Waals surface area (Å²) in [5, 5.41) is 0.573. The summed E-state index contributed by atoms with van der Waals surface area (Å²) >= 11 is 6.14. The van der Waals surface area contributed by atoms with Crippen molar-refractivity contribution in [2.45, 2.75) is 4.90 Å². The molecule has 7 heteroatoms. The third-order valence-electron chi connectivity index (χ3n) is 4.63. The first-order valence-electron chi connectivity index (χ1n) is 8.78. The molecule has 0 radical (unpaired) electrons. The lowest BCUT2D eigenvalue weighted by atomic mass is 9.97. The van der Waals surface area contributed by atoms with Gasteiger partial charge in [0, 0.05) is 26.4 Å². The SMILES string of the molecule is O=C1C(c2ccccc2)=C(c2ccc(SS(=O)O)cc2)CN1c1cccc(Cl)c1. The highest BCUT2D eigenvalue weighted by Gasteiger charge is 2.32. The zero-order valence-electron chi connectivity index (χ0n) is 15.1. The summed E-state index contributed by atoms with van der Waals surface area (Å²) in [4.78, 5) is 15.8. The Hall–Kier alpha value is -2.38. The van der Waals surface area contributed by atoms with Gasteiger partial charge in [0.15, 0.2) is 0 Å². The molecule has 4 nitrogen and oxygen atoms in total. The molecule has 4 rings (SSSR count). The number of carbonyl (C=O) groups excluding carboxylic acids is 1. The van der Waals surface area contributed by atoms with Crippen molar-refractivity contribution in [2.75, 3.05) is 11.4 Å². The van der Waals surface area contributed by atoms with Gasteiger partial charge < -0.3 is 4.90 Å². The Morgan fingerprint density at radius 1 is 0.931 bits per heavy atom. The van der Waals surface area contributed by atoms with Crippen LogP contribution in [0.3, 0.4) is 0 Å². The maximum Gasteiger partial charge on any atom is 0.259 e. The van der Waals surface area contributed by atoms with E-state index in [0.29, 0.717) is 22.0 Å². The van der Waals surface area contributed by atoms with Crippen molar-refractivity contribution in [2.24, 2.45) is 0 Å². The lowest BCUT2D eigenvalue weighted by Gasteiger charge is -2.17. The van der Waals surface area contributed by atoms with Crippen molar-refractivity contribution < 1.29 is 13.6 Å². The van der Waals surface area contributed by atoms with E-state index in [-0.39, 0.29) is 5.91 Å². The van der Waals surface area contributed by atoms with Gasteiger partial charge >= 0.3 is 0 Å². The first-order valence-corrected chi connectivity index (χ1v) is 11.6. The monoisotopic (exact) mass is 441 g/mol. The molecule has 29 heavy (non-hydrogen) atoms. The quantitative estimate of drug-likeness (QED) is 0.418. The fourth-order valence-corrected chi connectivity index (χ4v) is 4.78. The van der Waals surface area contributed by atoms with Gasteiger partial charge in [0.05, 0.1) is 12.1 Å². The first kappa shape index (κ1) is 19.9. The molecule has 0 aliphatic carbocycles. The predicted octanol–water partition coefficient (Wildman–Crippen LogP) is 5.53. The summed E-state index contributed by atoms with van der Waals surface area (Å²) in [7, 11) is -1.10. The highest BCUT2D eigenvalue weighted by atomic mass is 35.5. The van der Waals surface area contributed by atoms with Crippen LogP contribution in [0, 0.1) is 0 Å². The van der Waals surface area contributed by atoms with Crippen LogP contribution in [0.2, 0.25) is 5.02 Å². The minimum Gasteiger partial charge on any atom is -0.304 e. The van der Waals surface area contributed by atoms with E-state index in [1.165, 1.54) is 0 Å². The summed E-state index contributed by atoms with van der Waals surface area (Å²) in [5.74, 6) is -0.0802. The molecule has 3 aromatic rings. The van der Waals surface area contributed by atoms with Crippen LogP contribution in [0.15, 0.2) is 83.8 Å². The Bertz CT molecular complexity index is 1110. The van der Waals surface area contributed by atoms with Gasteiger partial charge in [-0.15, -0.1) is 0 Å². The molecule has 0 fully saturated rings. The zero-order chi connectivity index (χ0) is 20.4. The second-order valence-corrected chi connectivity index (χ2v) is 9.28. The van der Waals surface area contributed by atoms with Crippen LogP contribution in [-0.4, -0.2) is 21.2 Å². The zero-order valence-corrected chi connectivity index (χ0v) is 17.5. The van der Waals surface area contributed by atoms with Gasteiger partial charge in [0.2, 0.25) is 10.1 Å². The lowest BCUT2D eigenvalue weighted by Crippen LogP contribution is -2.26. The average Bonchev–Trinajstić information content (AvgIpc) is 3.06. The second kappa shape index (κ2) is 8.55. The molecule has 0 spiro atoms. The fourth-order valence-electron chi connectivity index (χ4n) is 3.36. The Morgan fingerprint density at radius 2 is 1.66 bits per heavy atom. The summed E-state index contributed by atoms with van der Waals surface area (Å²) < 4.78 is 20.1. The minimum atomic E-state index is -1.97. The van der Waals surface area contributed by atoms with Crippen molar-refractivity contribution in [3.05, 3.63) is 95.0 Å². The Balaban J connectivity index is 1.77. The lowest BCUT2D eigenvalue weighted by molar-refractivity contribution is -0.112. The number of amides is 1. The number of anilines is 1. The van der Waals surface area contributed by atoms with Crippen LogP contribution in [0.1, 0.15) is 11.1 Å². The minimum absolute atomic E-state index is 0.0802. The van der Waals surface area contributed by atoms with Crippen molar-refractivity contribution in [1.29, 1.82) is 0 Å². The summed E-state index contributed by atoms with van der Waals surface area (Å²) in [6.07, 6.45) is 0. The summed E-state index contributed by atoms with van der Waals surface area (Å²) in [6.45, 7) is 0.418. The van der Waals surface area contributed by atoms with Gasteiger partial charge in [0.25, 0.3) is 5.91 Å². The number of hydrogen-bond acceptors (Lipinski definition) is 3. The standard InChI is InChI=1S/C22H16ClNO3S2/c23-17-7-4-8-18(13-17)24-14-20(15-9-11-19(12-10-15)28-29(26)27)21(22(24)25)16-5-2-1-3-6-16/h1-13H,14H2,(H,26,27). The molecule has 1 amide bonds. The molecule has 3 aromatic carbocycles. The van der Waals surface area contributed by atoms with E-state index >= 15 is 0 Å². The third kappa shape index (κ3) is 4.31. The van der Waals surface area contributed by atoms with Crippen LogP contribution in [-0.2, 0) is 14.9 Å². The van der Waals surface area contributed by atoms with Crippen molar-refractivity contribution in [3.8, 4) is 0 Å². The van der Waals surface area contributed by atoms with E-state index in [2.05, 4.69) is 0 Å². The summed E-state index contributed by atoms with van der Waals surface area (Å²) in [6, 6.07) is 24.2. The van der Waals surface area contributed by atoms with Gasteiger partial charge in [-0.25, -0.2) is 4.21 Å². The van der Waals surface area contributed by atoms with E-state index in [4.69, 9.17) is 16.2 Å². The van der Waals surface area contributed by atoms with Gasteiger partial charge in [-0.2, -0.15) is 0 Å². The number of hydrogen-bond donors (Lipinski definition) is 1. The molecular weight excluding hydrogens is 426 g/mol. The van der Waals surface area contributed by atoms with Crippen LogP contribution >= 0.6 is 22.4 Å². The number of benzene rings is 3. The predicted molar refractivity (Wildman–Crippen MR) is 120 cm³/mol. The molecule has 1 aliphatic heterocycles. The van der Waals surface area contributed by atoms with Crippen LogP contribution in [0.5, 0.6) is 0 Å². The highest BCUT2D eigenvalue weighted by Crippen LogP contribution is 2.38. The van der Waals surface area contributed by atoms with Crippen molar-refractivity contribution >= 4 is 55.2 Å². The molecule has 1 atom stereocenters. The normalized spacial score (nSPS) is 15.1. The second-order valence-electron chi connectivity index (χ2n) is 6.42. The van der Waals surface area contributed by atoms with E-state index < -0.39 is 10.1 Å². The Labute approximate surface area is 179 Å². The topological polar surface area (TPSA) is 57.6 Å². The molecule has 1 N–H and O–H groups in total. The number of nitrogens with zero attached hydrogens (tertiary/aromatic N) is 1. The molecular formula is C22H16ClNO3S2. The van der Waals surface area contributed by atoms with Crippen molar-refractivity contribution in [1.82, 2.24) is 0 Å². The third-order valence-corrected chi connectivity index (χ3v) is 6.48. The van der Waals surface area contributed by atoms with Gasteiger partial charge in [-0.1, -0.05) is 60.1 Å². The molecule has 0 bridgehead atoms. The number of halogens is 1. The molecule has 0 saturated heterocycles. The largest absolute Gasteiger partial charge is 0.304 e. The van der Waals surface area contributed by atoms with Gasteiger partial charge in [-0.3, -0.25) is 9.35 Å². The highest BCUT2D eigenvalue weighted by molar-refractivity contribution is 8.67. The molecule has 1 unspecified atom stereocenters. The van der Waals surface area contributed by atoms with E-state index in [9.17, 15) is 9.00 Å². The molecule has 1 aliphatic rings. The maximum atomic E-state index is 13.4. The molecule has 146 valence electrons. The smallest absolute Gasteiger partial charge is 0.259 e. The van der Waals surface area contributed by atoms with Crippen molar-refractivity contribution in [3.63, 3.8) is 0 Å². The van der Waals surface area contributed by atoms with Gasteiger partial charge in [-0.05, 0) is 47.0 Å². The van der Waals surface area contributed by atoms with Crippen LogP contribution in [0.25, 0.3) is 11.1 Å². The van der Waals surface area contributed by atoms with Crippen LogP contribution < -0.4 is 4.90 Å². The summed E-state index contributed by atoms with van der Waals surface area (Å²) in [5.41, 5.74) is 4.05. The fraction of sp³-hybridized carbons (Fsp3) is 0.0455. The maximum absolute atomic E-state index is 13.4. The van der Waals surface area contributed by atoms with Crippen LogP contribution in [0.4, 0.5) is 5.69 Å². The molecule has 0 saturated carbocycles. The first-order chi connectivity index (χ1) is 14.0. The van der Waals surface area contributed by atoms with E-state index in [1.54, 1.807) is 29.2 Å². The average molecular weight is 442 g/mol. The Morgan fingerprint density at radius 3 is 2.31 bits per heavy atom. The van der Waals surface area contributed by atoms with E-state index in [1.807, 2.05) is 54.6 Å². The van der Waals surface area contributed by atoms with E-state index in [0.717, 1.165) is 33.2 Å².